The van der Waals surface area contributed by atoms with Gasteiger partial charge < -0.3 is 9.32 Å². The van der Waals surface area contributed by atoms with Crippen LogP contribution in [-0.2, 0) is 26.0 Å². The van der Waals surface area contributed by atoms with Crippen molar-refractivity contribution in [1.82, 2.24) is 0 Å². The van der Waals surface area contributed by atoms with Crippen LogP contribution in [-0.4, -0.2) is 39.0 Å². The molecule has 138 valence electrons. The molecule has 0 aliphatic heterocycles. The largest absolute Gasteiger partial charge is 0.422 e. The summed E-state index contributed by atoms with van der Waals surface area (Å²) in [5.74, 6) is -1.16. The van der Waals surface area contributed by atoms with Gasteiger partial charge in [0.2, 0.25) is 0 Å². The lowest BCUT2D eigenvalue weighted by Gasteiger charge is -2.21. The molecule has 0 aliphatic rings. The molecule has 0 bridgehead atoms. The first kappa shape index (κ1) is 19.4. The number of nitrogens with zero attached hydrogens (tertiary/aromatic N) is 1. The molecule has 1 heterocycles. The van der Waals surface area contributed by atoms with Gasteiger partial charge in [0.1, 0.15) is 11.3 Å². The van der Waals surface area contributed by atoms with E-state index in [-0.39, 0.29) is 11.0 Å². The van der Waals surface area contributed by atoms with Gasteiger partial charge in [-0.15, -0.1) is 0 Å². The van der Waals surface area contributed by atoms with Crippen molar-refractivity contribution < 1.29 is 30.4 Å². The summed E-state index contributed by atoms with van der Waals surface area (Å²) in [6, 6.07) is 4.43. The molecule has 2 aromatic rings. The molecule has 1 aromatic carbocycles. The molecule has 0 aliphatic carbocycles. The van der Waals surface area contributed by atoms with Crippen LogP contribution in [0.1, 0.15) is 19.4 Å². The van der Waals surface area contributed by atoms with E-state index in [4.69, 9.17) is 8.97 Å². The monoisotopic (exact) mass is 391 g/mol. The Hall–Kier alpha value is -1.95. The van der Waals surface area contributed by atoms with Crippen molar-refractivity contribution in [3.63, 3.8) is 0 Å². The highest BCUT2D eigenvalue weighted by atomic mass is 32.2. The number of hydrogen-bond donors (Lipinski definition) is 2. The van der Waals surface area contributed by atoms with Crippen LogP contribution < -0.4 is 10.5 Å². The van der Waals surface area contributed by atoms with Crippen LogP contribution in [0, 0.1) is 0 Å². The third kappa shape index (κ3) is 4.18. The van der Waals surface area contributed by atoms with Gasteiger partial charge in [-0.05, 0) is 26.0 Å². The molecular weight excluding hydrogens is 374 g/mol. The normalized spacial score (nSPS) is 12.5. The SMILES string of the molecule is CCN(CC)c1ccc2c(CS(=O)(=O)O)c(S(=O)(=O)O)c(=O)oc2c1. The van der Waals surface area contributed by atoms with E-state index in [0.29, 0.717) is 18.8 Å². The molecule has 0 amide bonds. The summed E-state index contributed by atoms with van der Waals surface area (Å²) >= 11 is 0. The summed E-state index contributed by atoms with van der Waals surface area (Å²) in [6.45, 7) is 5.14. The van der Waals surface area contributed by atoms with Gasteiger partial charge in [0.15, 0.2) is 4.90 Å². The maximum atomic E-state index is 12.0. The van der Waals surface area contributed by atoms with E-state index in [1.807, 2.05) is 18.7 Å². The van der Waals surface area contributed by atoms with Gasteiger partial charge in [0.25, 0.3) is 10.1 Å². The second-order valence-electron chi connectivity index (χ2n) is 5.25. The molecule has 1 aromatic heterocycles. The highest BCUT2D eigenvalue weighted by Gasteiger charge is 2.27. The van der Waals surface area contributed by atoms with Gasteiger partial charge >= 0.3 is 15.7 Å². The van der Waals surface area contributed by atoms with E-state index in [9.17, 15) is 26.2 Å². The van der Waals surface area contributed by atoms with Crippen LogP contribution in [0.25, 0.3) is 11.0 Å². The fourth-order valence-corrected chi connectivity index (χ4v) is 4.11. The van der Waals surface area contributed by atoms with Crippen LogP contribution in [0.3, 0.4) is 0 Å². The molecule has 0 saturated heterocycles. The van der Waals surface area contributed by atoms with Crippen molar-refractivity contribution in [2.75, 3.05) is 18.0 Å². The fraction of sp³-hybridized carbons (Fsp3) is 0.357. The average Bonchev–Trinajstić information content (AvgIpc) is 2.45. The number of rotatable bonds is 6. The van der Waals surface area contributed by atoms with Crippen LogP contribution in [0.2, 0.25) is 0 Å². The Bertz CT molecular complexity index is 1070. The van der Waals surface area contributed by atoms with E-state index >= 15 is 0 Å². The van der Waals surface area contributed by atoms with Crippen LogP contribution in [0.4, 0.5) is 5.69 Å². The maximum Gasteiger partial charge on any atom is 0.358 e. The Kier molecular flexibility index (Phi) is 5.23. The van der Waals surface area contributed by atoms with E-state index in [0.717, 1.165) is 0 Å². The van der Waals surface area contributed by atoms with Crippen molar-refractivity contribution in [2.24, 2.45) is 0 Å². The number of fused-ring (bicyclic) bond motifs is 1. The number of hydrogen-bond acceptors (Lipinski definition) is 7. The second-order valence-corrected chi connectivity index (χ2v) is 8.06. The Morgan fingerprint density at radius 3 is 2.16 bits per heavy atom. The molecule has 0 saturated carbocycles. The van der Waals surface area contributed by atoms with Gasteiger partial charge in [-0.25, -0.2) is 4.79 Å². The molecule has 0 fully saturated rings. The standard InChI is InChI=1S/C14H17NO8S2/c1-3-15(4-2)9-5-6-10-11(8-24(17,18)19)13(25(20,21)22)14(16)23-12(10)7-9/h5-7H,3-4,8H2,1-2H3,(H,17,18,19)(H,20,21,22). The zero-order valence-corrected chi connectivity index (χ0v) is 15.1. The molecule has 9 nitrogen and oxygen atoms in total. The van der Waals surface area contributed by atoms with Crippen molar-refractivity contribution in [3.8, 4) is 0 Å². The zero-order chi connectivity index (χ0) is 19.0. The summed E-state index contributed by atoms with van der Waals surface area (Å²) in [5, 5.41) is -0.0132. The van der Waals surface area contributed by atoms with E-state index in [1.165, 1.54) is 12.1 Å². The summed E-state index contributed by atoms with van der Waals surface area (Å²) in [7, 11) is -9.73. The summed E-state index contributed by atoms with van der Waals surface area (Å²) in [6.07, 6.45) is 0. The molecule has 11 heteroatoms. The lowest BCUT2D eigenvalue weighted by molar-refractivity contribution is 0.467. The highest BCUT2D eigenvalue weighted by Crippen LogP contribution is 2.28. The summed E-state index contributed by atoms with van der Waals surface area (Å²) in [5.41, 5.74) is -1.33. The van der Waals surface area contributed by atoms with Crippen molar-refractivity contribution in [1.29, 1.82) is 0 Å². The highest BCUT2D eigenvalue weighted by molar-refractivity contribution is 7.86. The number of benzene rings is 1. The first-order valence-electron chi connectivity index (χ1n) is 7.25. The molecule has 0 atom stereocenters. The van der Waals surface area contributed by atoms with Gasteiger partial charge in [-0.1, -0.05) is 0 Å². The molecule has 0 radical (unpaired) electrons. The molecule has 2 rings (SSSR count). The minimum absolute atomic E-state index is 0.0132. The number of anilines is 1. The molecule has 25 heavy (non-hydrogen) atoms. The molecular formula is C14H17NO8S2. The maximum absolute atomic E-state index is 12.0. The lowest BCUT2D eigenvalue weighted by Crippen LogP contribution is -2.22. The third-order valence-corrected chi connectivity index (χ3v) is 5.25. The molecule has 2 N–H and O–H groups in total. The van der Waals surface area contributed by atoms with E-state index < -0.39 is 42.1 Å². The van der Waals surface area contributed by atoms with Gasteiger partial charge in [-0.2, -0.15) is 16.8 Å². The van der Waals surface area contributed by atoms with Crippen molar-refractivity contribution in [3.05, 3.63) is 34.2 Å². The van der Waals surface area contributed by atoms with Gasteiger partial charge in [0.05, 0.1) is 0 Å². The topological polar surface area (TPSA) is 142 Å². The molecule has 0 spiro atoms. The van der Waals surface area contributed by atoms with Crippen LogP contribution in [0.15, 0.2) is 32.3 Å². The Labute approximate surface area is 144 Å². The van der Waals surface area contributed by atoms with Crippen LogP contribution >= 0.6 is 0 Å². The zero-order valence-electron chi connectivity index (χ0n) is 13.5. The minimum Gasteiger partial charge on any atom is -0.422 e. The van der Waals surface area contributed by atoms with Gasteiger partial charge in [-0.3, -0.25) is 9.11 Å². The quantitative estimate of drug-likeness (QED) is 0.550. The minimum atomic E-state index is -5.06. The van der Waals surface area contributed by atoms with Crippen LogP contribution in [0.5, 0.6) is 0 Å². The van der Waals surface area contributed by atoms with Crippen molar-refractivity contribution >= 4 is 36.9 Å². The van der Waals surface area contributed by atoms with Gasteiger partial charge in [0, 0.05) is 35.8 Å². The van der Waals surface area contributed by atoms with Crippen molar-refractivity contribution in [2.45, 2.75) is 24.5 Å². The summed E-state index contributed by atoms with van der Waals surface area (Å²) < 4.78 is 68.7. The lowest BCUT2D eigenvalue weighted by atomic mass is 10.1. The first-order chi connectivity index (χ1) is 11.5. The third-order valence-electron chi connectivity index (χ3n) is 3.67. The Morgan fingerprint density at radius 1 is 1.08 bits per heavy atom. The van der Waals surface area contributed by atoms with E-state index in [2.05, 4.69) is 0 Å². The Morgan fingerprint density at radius 2 is 1.68 bits per heavy atom. The predicted octanol–water partition coefficient (Wildman–Crippen LogP) is 1.27. The molecule has 0 unspecified atom stereocenters. The second kappa shape index (κ2) is 6.75. The Balaban J connectivity index is 2.89. The van der Waals surface area contributed by atoms with E-state index in [1.54, 1.807) is 6.07 Å². The average molecular weight is 391 g/mol. The summed E-state index contributed by atoms with van der Waals surface area (Å²) in [4.78, 5) is 12.7. The predicted molar refractivity (Wildman–Crippen MR) is 91.1 cm³/mol. The first-order valence-corrected chi connectivity index (χ1v) is 10.3. The fourth-order valence-electron chi connectivity index (χ4n) is 2.61. The smallest absolute Gasteiger partial charge is 0.358 e.